The maximum absolute atomic E-state index is 12.1. The van der Waals surface area contributed by atoms with Crippen molar-refractivity contribution in [2.24, 2.45) is 0 Å². The molecule has 0 aromatic carbocycles. The number of aliphatic carboxylic acids is 1. The summed E-state index contributed by atoms with van der Waals surface area (Å²) in [5.41, 5.74) is 0.861. The van der Waals surface area contributed by atoms with Crippen LogP contribution in [0.1, 0.15) is 18.9 Å². The Morgan fingerprint density at radius 3 is 2.59 bits per heavy atom. The van der Waals surface area contributed by atoms with E-state index in [9.17, 15) is 13.2 Å². The Morgan fingerprint density at radius 1 is 1.53 bits per heavy atom. The Kier molecular flexibility index (Phi) is 4.67. The van der Waals surface area contributed by atoms with Crippen molar-refractivity contribution in [1.29, 1.82) is 0 Å². The molecule has 0 saturated heterocycles. The Morgan fingerprint density at radius 2 is 2.18 bits per heavy atom. The monoisotopic (exact) mass is 277 g/mol. The number of sulfonamides is 1. The van der Waals surface area contributed by atoms with Crippen molar-refractivity contribution in [2.75, 3.05) is 13.1 Å². The Hall–Kier alpha value is -0.920. The SMILES string of the molecule is CCCN(CC(=O)O)S(=O)(=O)c1cc(C)cs1. The van der Waals surface area contributed by atoms with Crippen LogP contribution in [0.25, 0.3) is 0 Å². The average molecular weight is 277 g/mol. The summed E-state index contributed by atoms with van der Waals surface area (Å²) in [6.45, 7) is 3.33. The first-order chi connectivity index (χ1) is 7.87. The molecule has 0 atom stereocenters. The minimum Gasteiger partial charge on any atom is -0.480 e. The van der Waals surface area contributed by atoms with Crippen LogP contribution >= 0.6 is 11.3 Å². The van der Waals surface area contributed by atoms with Crippen LogP contribution < -0.4 is 0 Å². The van der Waals surface area contributed by atoms with Crippen molar-refractivity contribution in [2.45, 2.75) is 24.5 Å². The van der Waals surface area contributed by atoms with Gasteiger partial charge in [0.25, 0.3) is 10.0 Å². The van der Waals surface area contributed by atoms with E-state index in [-0.39, 0.29) is 10.8 Å². The van der Waals surface area contributed by atoms with E-state index in [0.29, 0.717) is 6.42 Å². The highest BCUT2D eigenvalue weighted by atomic mass is 32.2. The van der Waals surface area contributed by atoms with Crippen LogP contribution in [0.3, 0.4) is 0 Å². The molecule has 1 N–H and O–H groups in total. The average Bonchev–Trinajstić information content (AvgIpc) is 2.64. The third kappa shape index (κ3) is 3.52. The summed E-state index contributed by atoms with van der Waals surface area (Å²) in [7, 11) is -3.67. The standard InChI is InChI=1S/C10H15NO4S2/c1-3-4-11(6-9(12)13)17(14,15)10-5-8(2)7-16-10/h5,7H,3-4,6H2,1-2H3,(H,12,13). The largest absolute Gasteiger partial charge is 0.480 e. The molecule has 1 rings (SSSR count). The topological polar surface area (TPSA) is 74.7 Å². The van der Waals surface area contributed by atoms with Crippen molar-refractivity contribution < 1.29 is 18.3 Å². The molecular formula is C10H15NO4S2. The van der Waals surface area contributed by atoms with Crippen molar-refractivity contribution in [1.82, 2.24) is 4.31 Å². The van der Waals surface area contributed by atoms with Crippen LogP contribution in [-0.4, -0.2) is 36.9 Å². The molecule has 1 heterocycles. The van der Waals surface area contributed by atoms with Gasteiger partial charge in [-0.25, -0.2) is 8.42 Å². The number of hydrogen-bond donors (Lipinski definition) is 1. The third-order valence-corrected chi connectivity index (χ3v) is 5.46. The molecule has 17 heavy (non-hydrogen) atoms. The zero-order valence-corrected chi connectivity index (χ0v) is 11.3. The van der Waals surface area contributed by atoms with Gasteiger partial charge in [-0.15, -0.1) is 11.3 Å². The lowest BCUT2D eigenvalue weighted by Gasteiger charge is -2.18. The van der Waals surface area contributed by atoms with Gasteiger partial charge in [0.15, 0.2) is 0 Å². The van der Waals surface area contributed by atoms with Gasteiger partial charge in [-0.1, -0.05) is 6.92 Å². The minimum absolute atomic E-state index is 0.199. The fourth-order valence-corrected chi connectivity index (χ4v) is 4.22. The van der Waals surface area contributed by atoms with Crippen molar-refractivity contribution in [3.63, 3.8) is 0 Å². The number of aryl methyl sites for hydroxylation is 1. The molecule has 0 fully saturated rings. The summed E-state index contributed by atoms with van der Waals surface area (Å²) < 4.78 is 25.5. The lowest BCUT2D eigenvalue weighted by Crippen LogP contribution is -2.35. The predicted octanol–water partition coefficient (Wildman–Crippen LogP) is 1.54. The molecule has 0 aliphatic heterocycles. The van der Waals surface area contributed by atoms with Gasteiger partial charge in [0.2, 0.25) is 0 Å². The molecule has 5 nitrogen and oxygen atoms in total. The molecular weight excluding hydrogens is 262 g/mol. The highest BCUT2D eigenvalue weighted by molar-refractivity contribution is 7.91. The highest BCUT2D eigenvalue weighted by Crippen LogP contribution is 2.23. The molecule has 0 saturated carbocycles. The van der Waals surface area contributed by atoms with Crippen LogP contribution in [0.5, 0.6) is 0 Å². The maximum Gasteiger partial charge on any atom is 0.318 e. The summed E-state index contributed by atoms with van der Waals surface area (Å²) in [6, 6.07) is 1.56. The molecule has 0 radical (unpaired) electrons. The molecule has 7 heteroatoms. The number of carbonyl (C=O) groups is 1. The molecule has 1 aromatic rings. The van der Waals surface area contributed by atoms with Crippen molar-refractivity contribution >= 4 is 27.3 Å². The fraction of sp³-hybridized carbons (Fsp3) is 0.500. The molecule has 0 aliphatic carbocycles. The molecule has 0 bridgehead atoms. The smallest absolute Gasteiger partial charge is 0.318 e. The van der Waals surface area contributed by atoms with E-state index < -0.39 is 22.5 Å². The maximum atomic E-state index is 12.1. The van der Waals surface area contributed by atoms with Crippen LogP contribution in [0.2, 0.25) is 0 Å². The molecule has 0 unspecified atom stereocenters. The predicted molar refractivity (Wildman–Crippen MR) is 65.7 cm³/mol. The molecule has 0 amide bonds. The van der Waals surface area contributed by atoms with E-state index in [1.54, 1.807) is 18.4 Å². The lowest BCUT2D eigenvalue weighted by atomic mass is 10.4. The first-order valence-electron chi connectivity index (χ1n) is 5.15. The van der Waals surface area contributed by atoms with Crippen molar-refractivity contribution in [3.8, 4) is 0 Å². The van der Waals surface area contributed by atoms with Gasteiger partial charge in [-0.05, 0) is 30.4 Å². The molecule has 0 spiro atoms. The van der Waals surface area contributed by atoms with Gasteiger partial charge >= 0.3 is 5.97 Å². The summed E-state index contributed by atoms with van der Waals surface area (Å²) in [5.74, 6) is -1.14. The molecule has 1 aromatic heterocycles. The van der Waals surface area contributed by atoms with Gasteiger partial charge in [0.05, 0.1) is 0 Å². The number of carboxylic acid groups (broad SMARTS) is 1. The summed E-state index contributed by atoms with van der Waals surface area (Å²) in [5, 5.41) is 10.5. The van der Waals surface area contributed by atoms with E-state index in [2.05, 4.69) is 0 Å². The van der Waals surface area contributed by atoms with Crippen LogP contribution in [0, 0.1) is 6.92 Å². The zero-order chi connectivity index (χ0) is 13.1. The van der Waals surface area contributed by atoms with Gasteiger partial charge in [0.1, 0.15) is 10.8 Å². The number of nitrogens with zero attached hydrogens (tertiary/aromatic N) is 1. The highest BCUT2D eigenvalue weighted by Gasteiger charge is 2.26. The second kappa shape index (κ2) is 5.61. The van der Waals surface area contributed by atoms with Crippen LogP contribution in [0.4, 0.5) is 0 Å². The minimum atomic E-state index is -3.67. The van der Waals surface area contributed by atoms with Crippen molar-refractivity contribution in [3.05, 3.63) is 17.0 Å². The van der Waals surface area contributed by atoms with E-state index in [1.165, 1.54) is 0 Å². The van der Waals surface area contributed by atoms with Gasteiger partial charge < -0.3 is 5.11 Å². The first-order valence-corrected chi connectivity index (χ1v) is 7.47. The lowest BCUT2D eigenvalue weighted by molar-refractivity contribution is -0.137. The van der Waals surface area contributed by atoms with Crippen LogP contribution in [0.15, 0.2) is 15.7 Å². The molecule has 0 aliphatic rings. The first kappa shape index (κ1) is 14.1. The van der Waals surface area contributed by atoms with Crippen LogP contribution in [-0.2, 0) is 14.8 Å². The number of rotatable bonds is 6. The summed E-state index contributed by atoms with van der Waals surface area (Å²) in [6.07, 6.45) is 0.580. The number of thiophene rings is 1. The Labute approximate surface area is 105 Å². The zero-order valence-electron chi connectivity index (χ0n) is 9.71. The summed E-state index contributed by atoms with van der Waals surface area (Å²) in [4.78, 5) is 10.7. The molecule has 96 valence electrons. The van der Waals surface area contributed by atoms with E-state index in [0.717, 1.165) is 21.2 Å². The summed E-state index contributed by atoms with van der Waals surface area (Å²) >= 11 is 1.12. The third-order valence-electron chi connectivity index (χ3n) is 2.09. The van der Waals surface area contributed by atoms with E-state index in [4.69, 9.17) is 5.11 Å². The second-order valence-electron chi connectivity index (χ2n) is 3.68. The number of carboxylic acids is 1. The quantitative estimate of drug-likeness (QED) is 0.856. The second-order valence-corrected chi connectivity index (χ2v) is 6.75. The Balaban J connectivity index is 3.03. The fourth-order valence-electron chi connectivity index (χ4n) is 1.35. The van der Waals surface area contributed by atoms with Gasteiger partial charge in [0, 0.05) is 6.54 Å². The van der Waals surface area contributed by atoms with E-state index in [1.807, 2.05) is 6.92 Å². The number of hydrogen-bond acceptors (Lipinski definition) is 4. The van der Waals surface area contributed by atoms with E-state index >= 15 is 0 Å². The Bertz CT molecular complexity index is 492. The van der Waals surface area contributed by atoms with Gasteiger partial charge in [-0.3, -0.25) is 4.79 Å². The van der Waals surface area contributed by atoms with Gasteiger partial charge in [-0.2, -0.15) is 4.31 Å². The normalized spacial score (nSPS) is 11.9.